The first-order valence-electron chi connectivity index (χ1n) is 7.76. The van der Waals surface area contributed by atoms with E-state index < -0.39 is 0 Å². The highest BCUT2D eigenvalue weighted by molar-refractivity contribution is 5.81. The van der Waals surface area contributed by atoms with Crippen LogP contribution in [0, 0.1) is 11.8 Å². The lowest BCUT2D eigenvalue weighted by Crippen LogP contribution is -2.45. The predicted molar refractivity (Wildman–Crippen MR) is 80.0 cm³/mol. The van der Waals surface area contributed by atoms with E-state index in [0.717, 1.165) is 12.3 Å². The van der Waals surface area contributed by atoms with E-state index in [-0.39, 0.29) is 12.1 Å². The Morgan fingerprint density at radius 3 is 2.60 bits per heavy atom. The molecule has 0 radical (unpaired) electrons. The minimum absolute atomic E-state index is 0.0598. The van der Waals surface area contributed by atoms with Gasteiger partial charge in [-0.15, -0.1) is 0 Å². The maximum Gasteiger partial charge on any atom is 0.238 e. The fraction of sp³-hybridized carbons (Fsp3) is 0.588. The molecule has 2 aliphatic rings. The number of nitrogens with zero attached hydrogens (tertiary/aromatic N) is 1. The highest BCUT2D eigenvalue weighted by Crippen LogP contribution is 2.36. The molecule has 0 spiro atoms. The molecule has 4 atom stereocenters. The fourth-order valence-electron chi connectivity index (χ4n) is 3.87. The van der Waals surface area contributed by atoms with E-state index in [9.17, 15) is 4.79 Å². The van der Waals surface area contributed by atoms with Gasteiger partial charge in [0, 0.05) is 6.04 Å². The van der Waals surface area contributed by atoms with Gasteiger partial charge >= 0.3 is 0 Å². The summed E-state index contributed by atoms with van der Waals surface area (Å²) in [5.74, 6) is 1.64. The minimum atomic E-state index is 0.0598. The lowest BCUT2D eigenvalue weighted by atomic mass is 9.79. The Labute approximate surface area is 121 Å². The van der Waals surface area contributed by atoms with Crippen molar-refractivity contribution in [3.8, 4) is 0 Å². The first kappa shape index (κ1) is 13.6. The van der Waals surface area contributed by atoms with Gasteiger partial charge in [0.1, 0.15) is 6.17 Å². The summed E-state index contributed by atoms with van der Waals surface area (Å²) in [4.78, 5) is 14.5. The largest absolute Gasteiger partial charge is 0.319 e. The Kier molecular flexibility index (Phi) is 3.79. The van der Waals surface area contributed by atoms with E-state index in [4.69, 9.17) is 0 Å². The molecule has 4 unspecified atom stereocenters. The molecule has 3 nitrogen and oxygen atoms in total. The molecule has 0 aromatic heterocycles. The standard InChI is InChI=1S/C17H24N2O/c1-12-8-9-15(13(2)10-12)19-16(20)11-18-17(19)14-6-4-3-5-7-14/h3-7,12-13,15,17-18H,8-11H2,1-2H3. The van der Waals surface area contributed by atoms with Crippen LogP contribution >= 0.6 is 0 Å². The monoisotopic (exact) mass is 272 g/mol. The van der Waals surface area contributed by atoms with E-state index >= 15 is 0 Å². The van der Waals surface area contributed by atoms with Crippen LogP contribution in [-0.2, 0) is 4.79 Å². The van der Waals surface area contributed by atoms with Crippen LogP contribution in [0.3, 0.4) is 0 Å². The summed E-state index contributed by atoms with van der Waals surface area (Å²) in [5, 5.41) is 3.38. The molecular formula is C17H24N2O. The van der Waals surface area contributed by atoms with E-state index in [0.29, 0.717) is 18.5 Å². The van der Waals surface area contributed by atoms with Crippen molar-refractivity contribution in [3.05, 3.63) is 35.9 Å². The molecule has 1 aliphatic heterocycles. The first-order valence-corrected chi connectivity index (χ1v) is 7.76. The second kappa shape index (κ2) is 5.57. The van der Waals surface area contributed by atoms with Crippen molar-refractivity contribution in [2.75, 3.05) is 6.54 Å². The Morgan fingerprint density at radius 2 is 1.90 bits per heavy atom. The molecule has 1 amide bonds. The van der Waals surface area contributed by atoms with Gasteiger partial charge in [0.25, 0.3) is 0 Å². The van der Waals surface area contributed by atoms with Gasteiger partial charge in [-0.05, 0) is 36.7 Å². The third-order valence-corrected chi connectivity index (χ3v) is 4.87. The zero-order chi connectivity index (χ0) is 14.1. The van der Waals surface area contributed by atoms with Crippen LogP contribution in [0.25, 0.3) is 0 Å². The van der Waals surface area contributed by atoms with Crippen LogP contribution < -0.4 is 5.32 Å². The van der Waals surface area contributed by atoms with E-state index in [2.05, 4.69) is 36.2 Å². The Balaban J connectivity index is 1.84. The van der Waals surface area contributed by atoms with Gasteiger partial charge in [-0.25, -0.2) is 0 Å². The number of hydrogen-bond donors (Lipinski definition) is 1. The van der Waals surface area contributed by atoms with Gasteiger partial charge in [-0.3, -0.25) is 10.1 Å². The van der Waals surface area contributed by atoms with Crippen molar-refractivity contribution < 1.29 is 4.79 Å². The second-order valence-corrected chi connectivity index (χ2v) is 6.46. The smallest absolute Gasteiger partial charge is 0.238 e. The van der Waals surface area contributed by atoms with E-state index in [1.807, 2.05) is 18.2 Å². The molecule has 1 saturated carbocycles. The van der Waals surface area contributed by atoms with Crippen molar-refractivity contribution >= 4 is 5.91 Å². The number of hydrogen-bond acceptors (Lipinski definition) is 2. The fourth-order valence-corrected chi connectivity index (χ4v) is 3.87. The lowest BCUT2D eigenvalue weighted by Gasteiger charge is -2.41. The molecule has 1 N–H and O–H groups in total. The van der Waals surface area contributed by atoms with Crippen LogP contribution in [0.1, 0.15) is 44.8 Å². The van der Waals surface area contributed by atoms with Crippen molar-refractivity contribution in [2.24, 2.45) is 11.8 Å². The molecule has 0 bridgehead atoms. The normalized spacial score (nSPS) is 34.5. The Bertz CT molecular complexity index is 473. The summed E-state index contributed by atoms with van der Waals surface area (Å²) in [5.41, 5.74) is 1.20. The lowest BCUT2D eigenvalue weighted by molar-refractivity contribution is -0.132. The zero-order valence-electron chi connectivity index (χ0n) is 12.4. The second-order valence-electron chi connectivity index (χ2n) is 6.46. The molecule has 1 aromatic carbocycles. The highest BCUT2D eigenvalue weighted by Gasteiger charge is 2.40. The molecule has 3 heteroatoms. The van der Waals surface area contributed by atoms with Gasteiger partial charge in [0.15, 0.2) is 0 Å². The van der Waals surface area contributed by atoms with E-state index in [1.54, 1.807) is 0 Å². The SMILES string of the molecule is CC1CCC(N2C(=O)CNC2c2ccccc2)C(C)C1. The van der Waals surface area contributed by atoms with E-state index in [1.165, 1.54) is 18.4 Å². The number of rotatable bonds is 2. The van der Waals surface area contributed by atoms with Gasteiger partial charge in [0.05, 0.1) is 6.54 Å². The zero-order valence-corrected chi connectivity index (χ0v) is 12.4. The molecule has 1 aromatic rings. The number of amides is 1. The van der Waals surface area contributed by atoms with Crippen molar-refractivity contribution in [3.63, 3.8) is 0 Å². The molecular weight excluding hydrogens is 248 g/mol. The van der Waals surface area contributed by atoms with Crippen molar-refractivity contribution in [1.82, 2.24) is 10.2 Å². The van der Waals surface area contributed by atoms with Crippen LogP contribution in [0.15, 0.2) is 30.3 Å². The van der Waals surface area contributed by atoms with Gasteiger partial charge in [0.2, 0.25) is 5.91 Å². The highest BCUT2D eigenvalue weighted by atomic mass is 16.2. The molecule has 20 heavy (non-hydrogen) atoms. The Hall–Kier alpha value is -1.35. The van der Waals surface area contributed by atoms with Crippen LogP contribution in [0.2, 0.25) is 0 Å². The average Bonchev–Trinajstić information content (AvgIpc) is 2.82. The molecule has 1 heterocycles. The molecule has 3 rings (SSSR count). The van der Waals surface area contributed by atoms with Crippen LogP contribution in [0.5, 0.6) is 0 Å². The maximum atomic E-state index is 12.3. The summed E-state index contributed by atoms with van der Waals surface area (Å²) in [6.07, 6.45) is 3.67. The first-order chi connectivity index (χ1) is 9.66. The average molecular weight is 272 g/mol. The van der Waals surface area contributed by atoms with Crippen molar-refractivity contribution in [1.29, 1.82) is 0 Å². The van der Waals surface area contributed by atoms with Crippen molar-refractivity contribution in [2.45, 2.75) is 45.3 Å². The maximum absolute atomic E-state index is 12.3. The summed E-state index contributed by atoms with van der Waals surface area (Å²) < 4.78 is 0. The summed E-state index contributed by atoms with van der Waals surface area (Å²) >= 11 is 0. The molecule has 2 fully saturated rings. The Morgan fingerprint density at radius 1 is 1.15 bits per heavy atom. The predicted octanol–water partition coefficient (Wildman–Crippen LogP) is 2.94. The number of benzene rings is 1. The summed E-state index contributed by atoms with van der Waals surface area (Å²) in [7, 11) is 0. The summed E-state index contributed by atoms with van der Waals surface area (Å²) in [6, 6.07) is 10.7. The third-order valence-electron chi connectivity index (χ3n) is 4.87. The van der Waals surface area contributed by atoms with Gasteiger partial charge in [-0.2, -0.15) is 0 Å². The molecule has 1 aliphatic carbocycles. The third kappa shape index (κ3) is 2.47. The number of nitrogens with one attached hydrogen (secondary N) is 1. The summed E-state index contributed by atoms with van der Waals surface area (Å²) in [6.45, 7) is 5.10. The van der Waals surface area contributed by atoms with Crippen LogP contribution in [-0.4, -0.2) is 23.4 Å². The van der Waals surface area contributed by atoms with Gasteiger partial charge in [-0.1, -0.05) is 44.2 Å². The molecule has 1 saturated heterocycles. The molecule has 108 valence electrons. The van der Waals surface area contributed by atoms with Gasteiger partial charge < -0.3 is 4.90 Å². The minimum Gasteiger partial charge on any atom is -0.319 e. The van der Waals surface area contributed by atoms with Crippen LogP contribution in [0.4, 0.5) is 0 Å². The number of carbonyl (C=O) groups is 1. The quantitative estimate of drug-likeness (QED) is 0.897. The topological polar surface area (TPSA) is 32.3 Å². The number of carbonyl (C=O) groups excluding carboxylic acids is 1.